The summed E-state index contributed by atoms with van der Waals surface area (Å²) >= 11 is 0. The molecule has 0 atom stereocenters. The molecule has 0 aliphatic carbocycles. The van der Waals surface area contributed by atoms with Crippen molar-refractivity contribution in [3.8, 4) is 0 Å². The fourth-order valence-corrected chi connectivity index (χ4v) is 0.653. The quantitative estimate of drug-likeness (QED) is 0.552. The molecule has 0 heterocycles. The fourth-order valence-electron chi connectivity index (χ4n) is 0.653. The monoisotopic (exact) mass is 153 g/mol. The van der Waals surface area contributed by atoms with Gasteiger partial charge < -0.3 is 0 Å². The van der Waals surface area contributed by atoms with E-state index in [2.05, 4.69) is 38.8 Å². The first-order valence-corrected chi connectivity index (χ1v) is 4.22. The standard InChI is InChI=1S/C10H19N/c1-6-9(4)10(5)11-7-8(2)3/h6,8H,7H2,1-5H3. The minimum Gasteiger partial charge on any atom is -0.290 e. The van der Waals surface area contributed by atoms with Crippen LogP contribution in [0.15, 0.2) is 16.6 Å². The Bertz CT molecular complexity index is 164. The molecule has 0 bridgehead atoms. The van der Waals surface area contributed by atoms with Crippen molar-refractivity contribution in [1.29, 1.82) is 0 Å². The second kappa shape index (κ2) is 5.11. The smallest absolute Gasteiger partial charge is 0.0415 e. The number of hydrogen-bond donors (Lipinski definition) is 0. The molecule has 1 heteroatoms. The molecule has 1 nitrogen and oxygen atoms in total. The van der Waals surface area contributed by atoms with E-state index in [1.54, 1.807) is 0 Å². The van der Waals surface area contributed by atoms with Gasteiger partial charge in [-0.05, 0) is 32.3 Å². The molecule has 0 rings (SSSR count). The Hall–Kier alpha value is -0.590. The van der Waals surface area contributed by atoms with Crippen molar-refractivity contribution >= 4 is 5.71 Å². The third-order valence-electron chi connectivity index (χ3n) is 1.70. The van der Waals surface area contributed by atoms with Gasteiger partial charge in [0.05, 0.1) is 0 Å². The molecule has 0 fully saturated rings. The summed E-state index contributed by atoms with van der Waals surface area (Å²) in [6, 6.07) is 0. The molecule has 0 aromatic rings. The highest BCUT2D eigenvalue weighted by Crippen LogP contribution is 1.99. The van der Waals surface area contributed by atoms with Gasteiger partial charge in [0.15, 0.2) is 0 Å². The summed E-state index contributed by atoms with van der Waals surface area (Å²) in [7, 11) is 0. The maximum Gasteiger partial charge on any atom is 0.0415 e. The van der Waals surface area contributed by atoms with Crippen molar-refractivity contribution in [2.24, 2.45) is 10.9 Å². The van der Waals surface area contributed by atoms with Gasteiger partial charge in [0.1, 0.15) is 0 Å². The van der Waals surface area contributed by atoms with Crippen LogP contribution >= 0.6 is 0 Å². The first kappa shape index (κ1) is 10.4. The normalized spacial score (nSPS) is 14.4. The molecule has 0 saturated carbocycles. The zero-order valence-electron chi connectivity index (χ0n) is 8.31. The van der Waals surface area contributed by atoms with Crippen molar-refractivity contribution in [3.05, 3.63) is 11.6 Å². The van der Waals surface area contributed by atoms with Gasteiger partial charge in [-0.15, -0.1) is 0 Å². The first-order valence-electron chi connectivity index (χ1n) is 4.22. The van der Waals surface area contributed by atoms with Crippen LogP contribution in [0, 0.1) is 5.92 Å². The second-order valence-corrected chi connectivity index (χ2v) is 3.29. The molecule has 0 radical (unpaired) electrons. The van der Waals surface area contributed by atoms with E-state index in [1.807, 2.05) is 6.92 Å². The van der Waals surface area contributed by atoms with Crippen molar-refractivity contribution in [3.63, 3.8) is 0 Å². The van der Waals surface area contributed by atoms with Gasteiger partial charge >= 0.3 is 0 Å². The van der Waals surface area contributed by atoms with Gasteiger partial charge in [0.2, 0.25) is 0 Å². The van der Waals surface area contributed by atoms with E-state index in [1.165, 1.54) is 11.3 Å². The molecule has 0 unspecified atom stereocenters. The summed E-state index contributed by atoms with van der Waals surface area (Å²) in [5.41, 5.74) is 2.45. The lowest BCUT2D eigenvalue weighted by Crippen LogP contribution is -1.99. The van der Waals surface area contributed by atoms with Crippen LogP contribution in [-0.4, -0.2) is 12.3 Å². The minimum atomic E-state index is 0.662. The van der Waals surface area contributed by atoms with E-state index in [4.69, 9.17) is 0 Å². The minimum absolute atomic E-state index is 0.662. The van der Waals surface area contributed by atoms with Gasteiger partial charge in [0.25, 0.3) is 0 Å². The topological polar surface area (TPSA) is 12.4 Å². The molecular formula is C10H19N. The number of hydrogen-bond acceptors (Lipinski definition) is 1. The number of rotatable bonds is 3. The van der Waals surface area contributed by atoms with Crippen molar-refractivity contribution in [1.82, 2.24) is 0 Å². The molecule has 0 spiro atoms. The van der Waals surface area contributed by atoms with Crippen LogP contribution in [0.3, 0.4) is 0 Å². The molecule has 0 aromatic heterocycles. The highest BCUT2D eigenvalue weighted by atomic mass is 14.7. The van der Waals surface area contributed by atoms with Gasteiger partial charge in [-0.1, -0.05) is 19.9 Å². The Kier molecular flexibility index (Phi) is 4.84. The van der Waals surface area contributed by atoms with Gasteiger partial charge in [-0.25, -0.2) is 0 Å². The van der Waals surface area contributed by atoms with Crippen LogP contribution in [0.1, 0.15) is 34.6 Å². The third kappa shape index (κ3) is 4.77. The lowest BCUT2D eigenvalue weighted by atomic mass is 10.2. The fraction of sp³-hybridized carbons (Fsp3) is 0.700. The molecule has 0 saturated heterocycles. The van der Waals surface area contributed by atoms with Crippen LogP contribution in [0.25, 0.3) is 0 Å². The average Bonchev–Trinajstić information content (AvgIpc) is 1.98. The number of aliphatic imine (C=N–C) groups is 1. The Labute approximate surface area is 70.2 Å². The third-order valence-corrected chi connectivity index (χ3v) is 1.70. The summed E-state index contributed by atoms with van der Waals surface area (Å²) in [5.74, 6) is 0.662. The molecule has 0 amide bonds. The number of nitrogens with zero attached hydrogens (tertiary/aromatic N) is 1. The summed E-state index contributed by atoms with van der Waals surface area (Å²) in [6.07, 6.45) is 2.10. The molecule has 0 aliphatic rings. The second-order valence-electron chi connectivity index (χ2n) is 3.29. The lowest BCUT2D eigenvalue weighted by Gasteiger charge is -2.02. The Morgan fingerprint density at radius 1 is 1.36 bits per heavy atom. The van der Waals surface area contributed by atoms with Gasteiger partial charge in [0, 0.05) is 12.3 Å². The summed E-state index contributed by atoms with van der Waals surface area (Å²) in [4.78, 5) is 4.44. The Balaban J connectivity index is 4.01. The maximum absolute atomic E-state index is 4.44. The highest BCUT2D eigenvalue weighted by molar-refractivity contribution is 5.97. The molecule has 11 heavy (non-hydrogen) atoms. The van der Waals surface area contributed by atoms with Gasteiger partial charge in [-0.2, -0.15) is 0 Å². The van der Waals surface area contributed by atoms with E-state index in [0.29, 0.717) is 5.92 Å². The predicted octanol–water partition coefficient (Wildman–Crippen LogP) is 3.07. The van der Waals surface area contributed by atoms with E-state index in [9.17, 15) is 0 Å². The molecule has 0 aliphatic heterocycles. The number of allylic oxidation sites excluding steroid dienone is 2. The van der Waals surface area contributed by atoms with Crippen LogP contribution in [0.5, 0.6) is 0 Å². The van der Waals surface area contributed by atoms with Crippen molar-refractivity contribution < 1.29 is 0 Å². The van der Waals surface area contributed by atoms with E-state index in [-0.39, 0.29) is 0 Å². The van der Waals surface area contributed by atoms with Crippen LogP contribution in [0.4, 0.5) is 0 Å². The highest BCUT2D eigenvalue weighted by Gasteiger charge is 1.93. The van der Waals surface area contributed by atoms with Crippen molar-refractivity contribution in [2.75, 3.05) is 6.54 Å². The van der Waals surface area contributed by atoms with Crippen LogP contribution < -0.4 is 0 Å². The summed E-state index contributed by atoms with van der Waals surface area (Å²) in [6.45, 7) is 11.5. The zero-order valence-corrected chi connectivity index (χ0v) is 8.31. The summed E-state index contributed by atoms with van der Waals surface area (Å²) < 4.78 is 0. The largest absolute Gasteiger partial charge is 0.290 e. The predicted molar refractivity (Wildman–Crippen MR) is 52.2 cm³/mol. The lowest BCUT2D eigenvalue weighted by molar-refractivity contribution is 0.665. The average molecular weight is 153 g/mol. The van der Waals surface area contributed by atoms with Crippen LogP contribution in [0.2, 0.25) is 0 Å². The van der Waals surface area contributed by atoms with E-state index in [0.717, 1.165) is 6.54 Å². The Morgan fingerprint density at radius 2 is 1.91 bits per heavy atom. The van der Waals surface area contributed by atoms with Crippen LogP contribution in [-0.2, 0) is 0 Å². The molecule has 0 N–H and O–H groups in total. The SMILES string of the molecule is CC=C(C)C(C)=NCC(C)C. The maximum atomic E-state index is 4.44. The first-order chi connectivity index (χ1) is 5.07. The van der Waals surface area contributed by atoms with E-state index >= 15 is 0 Å². The Morgan fingerprint density at radius 3 is 2.27 bits per heavy atom. The molecular weight excluding hydrogens is 134 g/mol. The van der Waals surface area contributed by atoms with Gasteiger partial charge in [-0.3, -0.25) is 4.99 Å². The van der Waals surface area contributed by atoms with E-state index < -0.39 is 0 Å². The molecule has 0 aromatic carbocycles. The van der Waals surface area contributed by atoms with Crippen molar-refractivity contribution in [2.45, 2.75) is 34.6 Å². The molecule has 64 valence electrons. The zero-order chi connectivity index (χ0) is 8.85. The summed E-state index contributed by atoms with van der Waals surface area (Å²) in [5, 5.41) is 0.